The molecule has 0 amide bonds. The Bertz CT molecular complexity index is 770. The molecular weight excluding hydrogens is 356 g/mol. The molecule has 0 aliphatic carbocycles. The zero-order valence-corrected chi connectivity index (χ0v) is 14.0. The second-order valence-electron chi connectivity index (χ2n) is 4.58. The van der Waals surface area contributed by atoms with Crippen molar-refractivity contribution < 1.29 is 0 Å². The largest absolute Gasteiger partial charge is 0.228 e. The van der Waals surface area contributed by atoms with Crippen molar-refractivity contribution in [1.82, 2.24) is 9.97 Å². The van der Waals surface area contributed by atoms with E-state index in [2.05, 4.69) is 45.0 Å². The maximum absolute atomic E-state index is 6.33. The number of benzene rings is 1. The number of aryl methyl sites for hydroxylation is 1. The van der Waals surface area contributed by atoms with Crippen LogP contribution in [-0.4, -0.2) is 9.97 Å². The minimum absolute atomic E-state index is 0.519. The standard InChI is InChI=1S/C15H12BrClN2S/c1-2-3-9-4-5-12-11(6-9)14(17)19-15(18-12)10-7-13(16)20-8-10/h4-8H,2-3H2,1H3. The Labute approximate surface area is 135 Å². The third-order valence-electron chi connectivity index (χ3n) is 3.08. The maximum Gasteiger partial charge on any atom is 0.162 e. The average molecular weight is 368 g/mol. The fourth-order valence-electron chi connectivity index (χ4n) is 2.14. The summed E-state index contributed by atoms with van der Waals surface area (Å²) in [6, 6.07) is 8.24. The highest BCUT2D eigenvalue weighted by Gasteiger charge is 2.10. The highest BCUT2D eigenvalue weighted by atomic mass is 79.9. The van der Waals surface area contributed by atoms with E-state index in [4.69, 9.17) is 11.6 Å². The predicted molar refractivity (Wildman–Crippen MR) is 89.6 cm³/mol. The van der Waals surface area contributed by atoms with Gasteiger partial charge < -0.3 is 0 Å². The molecule has 0 radical (unpaired) electrons. The van der Waals surface area contributed by atoms with Crippen molar-refractivity contribution in [3.8, 4) is 11.4 Å². The number of hydrogen-bond acceptors (Lipinski definition) is 3. The molecule has 0 bridgehead atoms. The van der Waals surface area contributed by atoms with Crippen LogP contribution in [0.3, 0.4) is 0 Å². The minimum atomic E-state index is 0.519. The van der Waals surface area contributed by atoms with E-state index in [0.29, 0.717) is 11.0 Å². The lowest BCUT2D eigenvalue weighted by Crippen LogP contribution is -1.92. The van der Waals surface area contributed by atoms with Crippen molar-refractivity contribution in [2.75, 3.05) is 0 Å². The van der Waals surface area contributed by atoms with Crippen LogP contribution in [0, 0.1) is 0 Å². The Kier molecular flexibility index (Phi) is 4.06. The molecule has 1 aromatic carbocycles. The van der Waals surface area contributed by atoms with Crippen LogP contribution < -0.4 is 0 Å². The van der Waals surface area contributed by atoms with Crippen molar-refractivity contribution in [1.29, 1.82) is 0 Å². The molecule has 0 saturated heterocycles. The zero-order valence-electron chi connectivity index (χ0n) is 10.9. The van der Waals surface area contributed by atoms with Gasteiger partial charge in [0.2, 0.25) is 0 Å². The lowest BCUT2D eigenvalue weighted by atomic mass is 10.1. The monoisotopic (exact) mass is 366 g/mol. The van der Waals surface area contributed by atoms with E-state index in [9.17, 15) is 0 Å². The van der Waals surface area contributed by atoms with Crippen molar-refractivity contribution >= 4 is 49.8 Å². The number of aromatic nitrogens is 2. The summed E-state index contributed by atoms with van der Waals surface area (Å²) in [5.74, 6) is 0.674. The normalized spacial score (nSPS) is 11.2. The van der Waals surface area contributed by atoms with E-state index < -0.39 is 0 Å². The molecule has 2 aromatic heterocycles. The predicted octanol–water partition coefficient (Wildman–Crippen LogP) is 5.73. The fourth-order valence-corrected chi connectivity index (χ4v) is 3.51. The van der Waals surface area contributed by atoms with E-state index in [1.165, 1.54) is 5.56 Å². The number of rotatable bonds is 3. The van der Waals surface area contributed by atoms with Gasteiger partial charge in [-0.1, -0.05) is 31.0 Å². The van der Waals surface area contributed by atoms with E-state index in [1.54, 1.807) is 11.3 Å². The molecule has 3 rings (SSSR count). The van der Waals surface area contributed by atoms with Crippen LogP contribution in [0.25, 0.3) is 22.3 Å². The highest BCUT2D eigenvalue weighted by molar-refractivity contribution is 9.11. The summed E-state index contributed by atoms with van der Waals surface area (Å²) in [5.41, 5.74) is 3.15. The zero-order chi connectivity index (χ0) is 14.1. The van der Waals surface area contributed by atoms with Crippen LogP contribution in [0.4, 0.5) is 0 Å². The van der Waals surface area contributed by atoms with Gasteiger partial charge in [-0.25, -0.2) is 9.97 Å². The third-order valence-corrected chi connectivity index (χ3v) is 4.87. The Morgan fingerprint density at radius 3 is 2.80 bits per heavy atom. The smallest absolute Gasteiger partial charge is 0.162 e. The van der Waals surface area contributed by atoms with Gasteiger partial charge in [-0.05, 0) is 46.1 Å². The molecule has 2 nitrogen and oxygen atoms in total. The molecule has 5 heteroatoms. The van der Waals surface area contributed by atoms with Crippen LogP contribution >= 0.6 is 38.9 Å². The van der Waals surface area contributed by atoms with Crippen LogP contribution in [0.2, 0.25) is 5.15 Å². The molecule has 102 valence electrons. The molecule has 0 spiro atoms. The van der Waals surface area contributed by atoms with Crippen molar-refractivity contribution in [3.05, 3.63) is 44.1 Å². The molecule has 3 aromatic rings. The van der Waals surface area contributed by atoms with Gasteiger partial charge in [0, 0.05) is 16.3 Å². The Balaban J connectivity index is 2.12. The Hall–Kier alpha value is -0.970. The molecule has 0 aliphatic heterocycles. The Morgan fingerprint density at radius 1 is 1.25 bits per heavy atom. The molecule has 0 unspecified atom stereocenters. The van der Waals surface area contributed by atoms with Gasteiger partial charge in [0.05, 0.1) is 9.30 Å². The van der Waals surface area contributed by atoms with Crippen LogP contribution in [0.1, 0.15) is 18.9 Å². The third kappa shape index (κ3) is 2.73. The number of nitrogens with zero attached hydrogens (tertiary/aromatic N) is 2. The molecule has 0 N–H and O–H groups in total. The molecule has 0 fully saturated rings. The number of fused-ring (bicyclic) bond motifs is 1. The topological polar surface area (TPSA) is 25.8 Å². The average Bonchev–Trinajstić information content (AvgIpc) is 2.86. The molecule has 0 aliphatic rings. The first-order valence-electron chi connectivity index (χ1n) is 6.38. The van der Waals surface area contributed by atoms with Gasteiger partial charge in [0.15, 0.2) is 5.82 Å². The van der Waals surface area contributed by atoms with E-state index in [0.717, 1.165) is 33.1 Å². The van der Waals surface area contributed by atoms with Gasteiger partial charge in [-0.3, -0.25) is 0 Å². The SMILES string of the molecule is CCCc1ccc2nc(-c3csc(Br)c3)nc(Cl)c2c1. The van der Waals surface area contributed by atoms with E-state index in [-0.39, 0.29) is 0 Å². The summed E-state index contributed by atoms with van der Waals surface area (Å²) in [7, 11) is 0. The first-order valence-corrected chi connectivity index (χ1v) is 8.43. The maximum atomic E-state index is 6.33. The van der Waals surface area contributed by atoms with E-state index >= 15 is 0 Å². The fraction of sp³-hybridized carbons (Fsp3) is 0.200. The second kappa shape index (κ2) is 5.80. The summed E-state index contributed by atoms with van der Waals surface area (Å²) in [6.07, 6.45) is 2.16. The number of thiophene rings is 1. The summed E-state index contributed by atoms with van der Waals surface area (Å²) in [4.78, 5) is 9.04. The van der Waals surface area contributed by atoms with Gasteiger partial charge in [-0.2, -0.15) is 0 Å². The summed E-state index contributed by atoms with van der Waals surface area (Å²) in [6.45, 7) is 2.17. The number of halogens is 2. The van der Waals surface area contributed by atoms with Crippen LogP contribution in [0.15, 0.2) is 33.4 Å². The molecule has 20 heavy (non-hydrogen) atoms. The van der Waals surface area contributed by atoms with Crippen molar-refractivity contribution in [2.24, 2.45) is 0 Å². The first-order chi connectivity index (χ1) is 9.67. The molecule has 0 saturated carbocycles. The number of hydrogen-bond donors (Lipinski definition) is 0. The van der Waals surface area contributed by atoms with Gasteiger partial charge in [-0.15, -0.1) is 11.3 Å². The summed E-state index contributed by atoms with van der Waals surface area (Å²) < 4.78 is 1.06. The molecule has 2 heterocycles. The van der Waals surface area contributed by atoms with Crippen LogP contribution in [0.5, 0.6) is 0 Å². The lowest BCUT2D eigenvalue weighted by molar-refractivity contribution is 0.923. The van der Waals surface area contributed by atoms with Gasteiger partial charge in [0.1, 0.15) is 5.15 Å². The first kappa shape index (κ1) is 14.0. The molecular formula is C15H12BrClN2S. The quantitative estimate of drug-likeness (QED) is 0.553. The van der Waals surface area contributed by atoms with Crippen molar-refractivity contribution in [3.63, 3.8) is 0 Å². The van der Waals surface area contributed by atoms with Crippen molar-refractivity contribution in [2.45, 2.75) is 19.8 Å². The second-order valence-corrected chi connectivity index (χ2v) is 7.23. The van der Waals surface area contributed by atoms with E-state index in [1.807, 2.05) is 17.5 Å². The van der Waals surface area contributed by atoms with Gasteiger partial charge >= 0.3 is 0 Å². The highest BCUT2D eigenvalue weighted by Crippen LogP contribution is 2.30. The molecule has 0 atom stereocenters. The summed E-state index contributed by atoms with van der Waals surface area (Å²) >= 11 is 11.4. The summed E-state index contributed by atoms with van der Waals surface area (Å²) in [5, 5.41) is 3.47. The minimum Gasteiger partial charge on any atom is -0.228 e. The van der Waals surface area contributed by atoms with Crippen LogP contribution in [-0.2, 0) is 6.42 Å². The lowest BCUT2D eigenvalue weighted by Gasteiger charge is -2.05. The van der Waals surface area contributed by atoms with Gasteiger partial charge in [0.25, 0.3) is 0 Å². The Morgan fingerprint density at radius 2 is 2.10 bits per heavy atom.